The van der Waals surface area contributed by atoms with Gasteiger partial charge in [-0.25, -0.2) is 0 Å². The largest absolute Gasteiger partial charge is 0.481 e. The van der Waals surface area contributed by atoms with Gasteiger partial charge in [0.25, 0.3) is 0 Å². The molecule has 1 aromatic rings. The first-order valence-corrected chi connectivity index (χ1v) is 7.15. The second-order valence-electron chi connectivity index (χ2n) is 4.89. The Hall–Kier alpha value is -1.26. The van der Waals surface area contributed by atoms with Crippen molar-refractivity contribution in [3.8, 4) is 0 Å². The first kappa shape index (κ1) is 15.1. The van der Waals surface area contributed by atoms with Crippen LogP contribution in [-0.2, 0) is 16.1 Å². The van der Waals surface area contributed by atoms with Crippen LogP contribution in [-0.4, -0.2) is 28.4 Å². The van der Waals surface area contributed by atoms with Gasteiger partial charge in [0.15, 0.2) is 0 Å². The lowest BCUT2D eigenvalue weighted by Gasteiger charge is -2.21. The summed E-state index contributed by atoms with van der Waals surface area (Å²) >= 11 is 11.8. The van der Waals surface area contributed by atoms with E-state index < -0.39 is 11.9 Å². The monoisotopic (exact) mass is 315 g/mol. The molecule has 1 aromatic carbocycles. The molecular weight excluding hydrogens is 301 g/mol. The molecule has 1 saturated carbocycles. The lowest BCUT2D eigenvalue weighted by molar-refractivity contribution is -0.142. The van der Waals surface area contributed by atoms with Crippen molar-refractivity contribution in [3.63, 3.8) is 0 Å². The first-order chi connectivity index (χ1) is 9.43. The molecule has 1 fully saturated rings. The number of rotatable bonds is 5. The minimum absolute atomic E-state index is 0.106. The maximum atomic E-state index is 12.2. The van der Waals surface area contributed by atoms with Gasteiger partial charge in [0.2, 0.25) is 5.91 Å². The summed E-state index contributed by atoms with van der Waals surface area (Å²) in [4.78, 5) is 24.7. The van der Waals surface area contributed by atoms with E-state index in [4.69, 9.17) is 28.3 Å². The van der Waals surface area contributed by atoms with E-state index >= 15 is 0 Å². The number of carboxylic acid groups (broad SMARTS) is 1. The molecule has 0 aliphatic heterocycles. The molecule has 1 aliphatic carbocycles. The van der Waals surface area contributed by atoms with E-state index in [9.17, 15) is 9.59 Å². The highest BCUT2D eigenvalue weighted by Gasteiger charge is 2.49. The molecule has 20 heavy (non-hydrogen) atoms. The summed E-state index contributed by atoms with van der Waals surface area (Å²) in [6.07, 6.45) is 0.437. The van der Waals surface area contributed by atoms with Gasteiger partial charge in [0, 0.05) is 13.1 Å². The minimum Gasteiger partial charge on any atom is -0.481 e. The van der Waals surface area contributed by atoms with Gasteiger partial charge in [0.05, 0.1) is 21.9 Å². The third kappa shape index (κ3) is 3.25. The number of hydrogen-bond acceptors (Lipinski definition) is 2. The molecule has 2 rings (SSSR count). The van der Waals surface area contributed by atoms with Gasteiger partial charge in [-0.2, -0.15) is 0 Å². The van der Waals surface area contributed by atoms with Crippen molar-refractivity contribution < 1.29 is 14.7 Å². The molecule has 0 bridgehead atoms. The van der Waals surface area contributed by atoms with E-state index in [1.54, 1.807) is 17.0 Å². The van der Waals surface area contributed by atoms with Crippen molar-refractivity contribution in [1.29, 1.82) is 0 Å². The van der Waals surface area contributed by atoms with Gasteiger partial charge in [0.1, 0.15) is 0 Å². The van der Waals surface area contributed by atoms with E-state index in [-0.39, 0.29) is 11.8 Å². The number of nitrogens with zero attached hydrogens (tertiary/aromatic N) is 1. The summed E-state index contributed by atoms with van der Waals surface area (Å²) in [6, 6.07) is 5.22. The van der Waals surface area contributed by atoms with Crippen molar-refractivity contribution in [1.82, 2.24) is 4.90 Å². The Morgan fingerprint density at radius 1 is 1.30 bits per heavy atom. The van der Waals surface area contributed by atoms with E-state index in [0.717, 1.165) is 5.56 Å². The number of carbonyl (C=O) groups is 2. The van der Waals surface area contributed by atoms with Crippen LogP contribution >= 0.6 is 23.2 Å². The predicted molar refractivity (Wildman–Crippen MR) is 76.8 cm³/mol. The summed E-state index contributed by atoms with van der Waals surface area (Å²) in [5.74, 6) is -1.90. The Kier molecular flexibility index (Phi) is 4.55. The van der Waals surface area contributed by atoms with E-state index in [2.05, 4.69) is 0 Å². The van der Waals surface area contributed by atoms with Crippen LogP contribution in [0.3, 0.4) is 0 Å². The first-order valence-electron chi connectivity index (χ1n) is 6.39. The third-order valence-corrected chi connectivity index (χ3v) is 4.21. The Balaban J connectivity index is 2.04. The Morgan fingerprint density at radius 2 is 2.00 bits per heavy atom. The Morgan fingerprint density at radius 3 is 2.50 bits per heavy atom. The van der Waals surface area contributed by atoms with Gasteiger partial charge in [-0.3, -0.25) is 9.59 Å². The molecule has 1 N–H and O–H groups in total. The van der Waals surface area contributed by atoms with E-state index in [1.165, 1.54) is 0 Å². The fraction of sp³-hybridized carbons (Fsp3) is 0.429. The topological polar surface area (TPSA) is 57.6 Å². The number of aliphatic carboxylic acids is 1. The van der Waals surface area contributed by atoms with Crippen molar-refractivity contribution in [2.45, 2.75) is 19.9 Å². The van der Waals surface area contributed by atoms with Gasteiger partial charge in [-0.1, -0.05) is 29.3 Å². The highest BCUT2D eigenvalue weighted by atomic mass is 35.5. The van der Waals surface area contributed by atoms with E-state index in [1.807, 2.05) is 13.0 Å². The number of halogens is 2. The quantitative estimate of drug-likeness (QED) is 0.908. The molecular formula is C14H15Cl2NO3. The zero-order valence-electron chi connectivity index (χ0n) is 11.0. The van der Waals surface area contributed by atoms with Crippen LogP contribution in [0.1, 0.15) is 18.9 Å². The second kappa shape index (κ2) is 6.02. The maximum Gasteiger partial charge on any atom is 0.307 e. The average Bonchev–Trinajstić information content (AvgIpc) is 3.19. The lowest BCUT2D eigenvalue weighted by Crippen LogP contribution is -2.32. The van der Waals surface area contributed by atoms with Crippen LogP contribution in [0.5, 0.6) is 0 Å². The van der Waals surface area contributed by atoms with Gasteiger partial charge in [-0.05, 0) is 31.0 Å². The van der Waals surface area contributed by atoms with Crippen LogP contribution in [0, 0.1) is 11.8 Å². The molecule has 0 radical (unpaired) electrons. The number of carboxylic acids is 1. The summed E-state index contributed by atoms with van der Waals surface area (Å²) in [5.41, 5.74) is 0.877. The predicted octanol–water partition coefficient (Wildman–Crippen LogP) is 3.06. The fourth-order valence-corrected chi connectivity index (χ4v) is 2.50. The molecule has 2 atom stereocenters. The molecule has 4 nitrogen and oxygen atoms in total. The number of hydrogen-bond donors (Lipinski definition) is 1. The third-order valence-electron chi connectivity index (χ3n) is 3.48. The van der Waals surface area contributed by atoms with Crippen molar-refractivity contribution in [3.05, 3.63) is 33.8 Å². The van der Waals surface area contributed by atoms with Crippen LogP contribution < -0.4 is 0 Å². The molecule has 108 valence electrons. The van der Waals surface area contributed by atoms with Gasteiger partial charge >= 0.3 is 5.97 Å². The van der Waals surface area contributed by atoms with Crippen molar-refractivity contribution in [2.75, 3.05) is 6.54 Å². The molecule has 1 aliphatic rings. The van der Waals surface area contributed by atoms with Crippen LogP contribution in [0.4, 0.5) is 0 Å². The smallest absolute Gasteiger partial charge is 0.307 e. The molecule has 0 spiro atoms. The highest BCUT2D eigenvalue weighted by molar-refractivity contribution is 6.42. The lowest BCUT2D eigenvalue weighted by atomic mass is 10.2. The average molecular weight is 316 g/mol. The Bertz CT molecular complexity index is 547. The van der Waals surface area contributed by atoms with Crippen LogP contribution in [0.2, 0.25) is 10.0 Å². The number of amides is 1. The molecule has 1 amide bonds. The minimum atomic E-state index is -0.894. The summed E-state index contributed by atoms with van der Waals surface area (Å²) in [7, 11) is 0. The van der Waals surface area contributed by atoms with Gasteiger partial charge in [-0.15, -0.1) is 0 Å². The van der Waals surface area contributed by atoms with Gasteiger partial charge < -0.3 is 10.0 Å². The summed E-state index contributed by atoms with van der Waals surface area (Å²) in [6.45, 7) is 2.81. The number of carbonyl (C=O) groups excluding carboxylic acids is 1. The SMILES string of the molecule is CCN(Cc1ccc(Cl)c(Cl)c1)C(=O)C1CC1C(=O)O. The summed E-state index contributed by atoms with van der Waals surface area (Å²) < 4.78 is 0. The molecule has 0 aromatic heterocycles. The van der Waals surface area contributed by atoms with Crippen LogP contribution in [0.25, 0.3) is 0 Å². The fourth-order valence-electron chi connectivity index (χ4n) is 2.18. The molecule has 0 heterocycles. The van der Waals surface area contributed by atoms with E-state index in [0.29, 0.717) is 29.6 Å². The zero-order chi connectivity index (χ0) is 14.9. The molecule has 6 heteroatoms. The number of benzene rings is 1. The van der Waals surface area contributed by atoms with Crippen molar-refractivity contribution in [2.24, 2.45) is 11.8 Å². The van der Waals surface area contributed by atoms with Crippen LogP contribution in [0.15, 0.2) is 18.2 Å². The zero-order valence-corrected chi connectivity index (χ0v) is 12.5. The maximum absolute atomic E-state index is 12.2. The molecule has 0 saturated heterocycles. The molecule has 2 unspecified atom stereocenters. The summed E-state index contributed by atoms with van der Waals surface area (Å²) in [5, 5.41) is 9.80. The Labute approximate surface area is 127 Å². The standard InChI is InChI=1S/C14H15Cl2NO3/c1-2-17(13(18)9-6-10(9)14(19)20)7-8-3-4-11(15)12(16)5-8/h3-5,9-10H,2,6-7H2,1H3,(H,19,20). The second-order valence-corrected chi connectivity index (χ2v) is 5.70. The normalized spacial score (nSPS) is 20.6. The van der Waals surface area contributed by atoms with Crippen molar-refractivity contribution >= 4 is 35.1 Å². The highest BCUT2D eigenvalue weighted by Crippen LogP contribution is 2.40.